The van der Waals surface area contributed by atoms with Crippen molar-refractivity contribution in [2.75, 3.05) is 7.11 Å². The molecule has 92 valence electrons. The lowest BCUT2D eigenvalue weighted by Crippen LogP contribution is -2.01. The zero-order chi connectivity index (χ0) is 12.5. The maximum Gasteiger partial charge on any atom is 0.234 e. The van der Waals surface area contributed by atoms with E-state index in [1.54, 1.807) is 11.8 Å². The van der Waals surface area contributed by atoms with E-state index in [2.05, 4.69) is 26.6 Å². The van der Waals surface area contributed by atoms with Gasteiger partial charge in [-0.2, -0.15) is 9.94 Å². The van der Waals surface area contributed by atoms with E-state index in [9.17, 15) is 0 Å². The standard InChI is InChI=1S/C10H10N6OS/c1-17-5-8-13-14-10(18-8)16-9(6-2-3-6)7(4-11)12-15-16/h6H,2-3,5H2,1H3. The van der Waals surface area contributed by atoms with Crippen LogP contribution in [0, 0.1) is 11.3 Å². The fraction of sp³-hybridized carbons (Fsp3) is 0.500. The Kier molecular flexibility index (Phi) is 2.77. The van der Waals surface area contributed by atoms with E-state index in [4.69, 9.17) is 10.00 Å². The lowest BCUT2D eigenvalue weighted by molar-refractivity contribution is 0.184. The Morgan fingerprint density at radius 2 is 2.28 bits per heavy atom. The summed E-state index contributed by atoms with van der Waals surface area (Å²) in [5.74, 6) is 0.379. The van der Waals surface area contributed by atoms with Crippen LogP contribution in [0.3, 0.4) is 0 Å². The van der Waals surface area contributed by atoms with E-state index >= 15 is 0 Å². The normalized spacial score (nSPS) is 14.7. The lowest BCUT2D eigenvalue weighted by Gasteiger charge is -1.99. The molecule has 0 aliphatic heterocycles. The Bertz CT molecular complexity index is 608. The second-order valence-corrected chi connectivity index (χ2v) is 5.07. The highest BCUT2D eigenvalue weighted by Crippen LogP contribution is 2.41. The van der Waals surface area contributed by atoms with Crippen molar-refractivity contribution in [3.05, 3.63) is 16.4 Å². The number of aromatic nitrogens is 5. The van der Waals surface area contributed by atoms with Crippen LogP contribution in [-0.4, -0.2) is 32.3 Å². The average Bonchev–Trinajstić information content (AvgIpc) is 2.96. The van der Waals surface area contributed by atoms with Gasteiger partial charge < -0.3 is 4.74 Å². The molecule has 0 radical (unpaired) electrons. The number of nitriles is 1. The molecule has 0 unspecified atom stereocenters. The number of ether oxygens (including phenoxy) is 1. The Morgan fingerprint density at radius 1 is 1.44 bits per heavy atom. The molecule has 0 atom stereocenters. The van der Waals surface area contributed by atoms with Crippen molar-refractivity contribution in [3.63, 3.8) is 0 Å². The lowest BCUT2D eigenvalue weighted by atomic mass is 10.2. The Labute approximate surface area is 107 Å². The molecule has 7 nitrogen and oxygen atoms in total. The Balaban J connectivity index is 2.00. The summed E-state index contributed by atoms with van der Waals surface area (Å²) < 4.78 is 6.64. The maximum atomic E-state index is 9.03. The van der Waals surface area contributed by atoms with Gasteiger partial charge in [0.1, 0.15) is 17.7 Å². The Hall–Kier alpha value is -1.85. The van der Waals surface area contributed by atoms with Gasteiger partial charge in [0.25, 0.3) is 0 Å². The third kappa shape index (κ3) is 1.87. The first kappa shape index (κ1) is 11.3. The predicted molar refractivity (Wildman–Crippen MR) is 62.2 cm³/mol. The van der Waals surface area contributed by atoms with Gasteiger partial charge in [-0.3, -0.25) is 0 Å². The summed E-state index contributed by atoms with van der Waals surface area (Å²) in [6, 6.07) is 2.08. The molecule has 1 aliphatic rings. The molecule has 8 heteroatoms. The summed E-state index contributed by atoms with van der Waals surface area (Å²) >= 11 is 1.40. The summed E-state index contributed by atoms with van der Waals surface area (Å²) in [6.07, 6.45) is 2.15. The number of rotatable bonds is 4. The molecule has 3 rings (SSSR count). The van der Waals surface area contributed by atoms with Crippen LogP contribution in [-0.2, 0) is 11.3 Å². The molecule has 0 bridgehead atoms. The molecular weight excluding hydrogens is 252 g/mol. The maximum absolute atomic E-state index is 9.03. The second-order valence-electron chi connectivity index (χ2n) is 4.03. The van der Waals surface area contributed by atoms with Crippen LogP contribution in [0.4, 0.5) is 0 Å². The van der Waals surface area contributed by atoms with Crippen LogP contribution in [0.15, 0.2) is 0 Å². The van der Waals surface area contributed by atoms with Crippen molar-refractivity contribution in [1.29, 1.82) is 5.26 Å². The van der Waals surface area contributed by atoms with Gasteiger partial charge in [0.05, 0.1) is 5.69 Å². The molecule has 1 aliphatic carbocycles. The number of methoxy groups -OCH3 is 1. The van der Waals surface area contributed by atoms with Crippen molar-refractivity contribution in [2.24, 2.45) is 0 Å². The number of nitrogens with zero attached hydrogens (tertiary/aromatic N) is 6. The fourth-order valence-electron chi connectivity index (χ4n) is 1.75. The molecule has 0 amide bonds. The van der Waals surface area contributed by atoms with E-state index < -0.39 is 0 Å². The van der Waals surface area contributed by atoms with Gasteiger partial charge in [0.2, 0.25) is 5.13 Å². The van der Waals surface area contributed by atoms with Gasteiger partial charge in [-0.1, -0.05) is 16.6 Å². The highest BCUT2D eigenvalue weighted by molar-refractivity contribution is 7.13. The largest absolute Gasteiger partial charge is 0.377 e. The molecular formula is C10H10N6OS. The minimum atomic E-state index is 0.379. The number of hydrogen-bond donors (Lipinski definition) is 0. The smallest absolute Gasteiger partial charge is 0.234 e. The first-order valence-corrected chi connectivity index (χ1v) is 6.32. The molecule has 2 aromatic rings. The van der Waals surface area contributed by atoms with Crippen molar-refractivity contribution >= 4 is 11.3 Å². The summed E-state index contributed by atoms with van der Waals surface area (Å²) in [7, 11) is 1.61. The molecule has 18 heavy (non-hydrogen) atoms. The minimum Gasteiger partial charge on any atom is -0.377 e. The van der Waals surface area contributed by atoms with Crippen LogP contribution in [0.5, 0.6) is 0 Å². The van der Waals surface area contributed by atoms with Crippen LogP contribution in [0.1, 0.15) is 35.2 Å². The van der Waals surface area contributed by atoms with Crippen LogP contribution < -0.4 is 0 Å². The monoisotopic (exact) mass is 262 g/mol. The summed E-state index contributed by atoms with van der Waals surface area (Å²) in [5, 5.41) is 26.4. The van der Waals surface area contributed by atoms with E-state index in [0.717, 1.165) is 23.5 Å². The zero-order valence-corrected chi connectivity index (χ0v) is 10.5. The van der Waals surface area contributed by atoms with Crippen molar-refractivity contribution in [1.82, 2.24) is 25.2 Å². The van der Waals surface area contributed by atoms with Gasteiger partial charge >= 0.3 is 0 Å². The molecule has 1 saturated carbocycles. The first-order chi connectivity index (χ1) is 8.83. The van der Waals surface area contributed by atoms with Gasteiger partial charge in [-0.25, -0.2) is 0 Å². The Morgan fingerprint density at radius 3 is 2.94 bits per heavy atom. The quantitative estimate of drug-likeness (QED) is 0.817. The van der Waals surface area contributed by atoms with Crippen molar-refractivity contribution in [2.45, 2.75) is 25.4 Å². The van der Waals surface area contributed by atoms with Crippen LogP contribution in [0.25, 0.3) is 5.13 Å². The van der Waals surface area contributed by atoms with Crippen molar-refractivity contribution < 1.29 is 4.74 Å². The van der Waals surface area contributed by atoms with E-state index in [-0.39, 0.29) is 0 Å². The highest BCUT2D eigenvalue weighted by atomic mass is 32.1. The van der Waals surface area contributed by atoms with Gasteiger partial charge in [-0.15, -0.1) is 15.3 Å². The van der Waals surface area contributed by atoms with E-state index in [1.807, 2.05) is 0 Å². The zero-order valence-electron chi connectivity index (χ0n) is 9.70. The SMILES string of the molecule is COCc1nnc(-n2nnc(C#N)c2C2CC2)s1. The molecule has 0 N–H and O–H groups in total. The highest BCUT2D eigenvalue weighted by Gasteiger charge is 2.32. The molecule has 0 aromatic carbocycles. The van der Waals surface area contributed by atoms with Crippen LogP contribution >= 0.6 is 11.3 Å². The minimum absolute atomic E-state index is 0.379. The molecule has 2 heterocycles. The molecule has 0 saturated heterocycles. The van der Waals surface area contributed by atoms with Gasteiger partial charge in [-0.05, 0) is 12.8 Å². The van der Waals surface area contributed by atoms with Gasteiger partial charge in [0, 0.05) is 13.0 Å². The summed E-state index contributed by atoms with van der Waals surface area (Å²) in [6.45, 7) is 0.427. The molecule has 0 spiro atoms. The van der Waals surface area contributed by atoms with E-state index in [0.29, 0.717) is 23.4 Å². The molecule has 1 fully saturated rings. The average molecular weight is 262 g/mol. The van der Waals surface area contributed by atoms with Crippen molar-refractivity contribution in [3.8, 4) is 11.2 Å². The number of hydrogen-bond acceptors (Lipinski definition) is 7. The topological polar surface area (TPSA) is 89.5 Å². The van der Waals surface area contributed by atoms with Crippen LogP contribution in [0.2, 0.25) is 0 Å². The summed E-state index contributed by atoms with van der Waals surface area (Å²) in [5.41, 5.74) is 1.25. The van der Waals surface area contributed by atoms with E-state index in [1.165, 1.54) is 11.3 Å². The first-order valence-electron chi connectivity index (χ1n) is 5.51. The fourth-order valence-corrected chi connectivity index (χ4v) is 2.52. The van der Waals surface area contributed by atoms with Gasteiger partial charge in [0.15, 0.2) is 5.69 Å². The predicted octanol–water partition coefficient (Wildman–Crippen LogP) is 1.01. The summed E-state index contributed by atoms with van der Waals surface area (Å²) in [4.78, 5) is 0. The third-order valence-corrected chi connectivity index (χ3v) is 3.55. The second kappa shape index (κ2) is 4.44. The third-order valence-electron chi connectivity index (χ3n) is 2.68. The molecule has 2 aromatic heterocycles.